The predicted molar refractivity (Wildman–Crippen MR) is 127 cm³/mol. The molecule has 8 nitrogen and oxygen atoms in total. The summed E-state index contributed by atoms with van der Waals surface area (Å²) < 4.78 is 6.24. The number of hydrogen-bond donors (Lipinski definition) is 2. The van der Waals surface area contributed by atoms with Gasteiger partial charge in [-0.3, -0.25) is 15.1 Å². The van der Waals surface area contributed by atoms with Crippen molar-refractivity contribution in [3.8, 4) is 17.1 Å². The van der Waals surface area contributed by atoms with Gasteiger partial charge in [0, 0.05) is 29.6 Å². The topological polar surface area (TPSA) is 105 Å². The number of aromatic nitrogens is 1. The lowest BCUT2D eigenvalue weighted by Gasteiger charge is -2.26. The second-order valence-electron chi connectivity index (χ2n) is 7.52. The van der Waals surface area contributed by atoms with Crippen molar-refractivity contribution in [3.63, 3.8) is 0 Å². The molecular weight excluding hydrogens is 440 g/mol. The molecule has 1 aliphatic rings. The highest BCUT2D eigenvalue weighted by atomic mass is 32.1. The molecule has 9 heteroatoms. The van der Waals surface area contributed by atoms with Crippen molar-refractivity contribution >= 4 is 28.7 Å². The lowest BCUT2D eigenvalue weighted by molar-refractivity contribution is -0.384. The maximum atomic E-state index is 11.0. The zero-order valence-electron chi connectivity index (χ0n) is 17.2. The Morgan fingerprint density at radius 3 is 2.45 bits per heavy atom. The van der Waals surface area contributed by atoms with E-state index in [2.05, 4.69) is 10.3 Å². The van der Waals surface area contributed by atoms with E-state index in [1.807, 2.05) is 35.2 Å². The number of anilines is 1. The molecule has 2 aromatic carbocycles. The zero-order chi connectivity index (χ0) is 22.9. The Morgan fingerprint density at radius 2 is 1.79 bits per heavy atom. The molecule has 164 valence electrons. The number of nitro groups is 1. The molecule has 0 aliphatic carbocycles. The van der Waals surface area contributed by atoms with E-state index in [-0.39, 0.29) is 23.5 Å². The second kappa shape index (κ2) is 8.36. The van der Waals surface area contributed by atoms with Crippen molar-refractivity contribution in [2.75, 3.05) is 4.90 Å². The third-order valence-electron chi connectivity index (χ3n) is 5.51. The van der Waals surface area contributed by atoms with Gasteiger partial charge < -0.3 is 19.7 Å². The van der Waals surface area contributed by atoms with Gasteiger partial charge in [0.05, 0.1) is 16.7 Å². The molecule has 5 rings (SSSR count). The van der Waals surface area contributed by atoms with Crippen LogP contribution >= 0.6 is 12.2 Å². The number of furan rings is 1. The minimum absolute atomic E-state index is 0.0181. The van der Waals surface area contributed by atoms with Crippen LogP contribution in [0.3, 0.4) is 0 Å². The molecule has 0 amide bonds. The lowest BCUT2D eigenvalue weighted by atomic mass is 10.0. The van der Waals surface area contributed by atoms with Crippen molar-refractivity contribution in [2.24, 2.45) is 0 Å². The molecular formula is C24H18N4O4S. The molecule has 2 aromatic heterocycles. The van der Waals surface area contributed by atoms with Crippen molar-refractivity contribution in [3.05, 3.63) is 107 Å². The van der Waals surface area contributed by atoms with Crippen LogP contribution in [-0.4, -0.2) is 20.1 Å². The molecule has 0 spiro atoms. The number of benzene rings is 2. The van der Waals surface area contributed by atoms with Gasteiger partial charge in [-0.1, -0.05) is 6.07 Å². The fourth-order valence-corrected chi connectivity index (χ4v) is 4.30. The van der Waals surface area contributed by atoms with Crippen LogP contribution < -0.4 is 10.2 Å². The fourth-order valence-electron chi connectivity index (χ4n) is 3.95. The van der Waals surface area contributed by atoms with E-state index in [0.29, 0.717) is 16.6 Å². The van der Waals surface area contributed by atoms with E-state index in [9.17, 15) is 15.2 Å². The van der Waals surface area contributed by atoms with Crippen molar-refractivity contribution < 1.29 is 14.4 Å². The maximum Gasteiger partial charge on any atom is 0.269 e. The summed E-state index contributed by atoms with van der Waals surface area (Å²) in [6.45, 7) is 0. The summed E-state index contributed by atoms with van der Waals surface area (Å²) in [5.41, 5.74) is 2.34. The summed E-state index contributed by atoms with van der Waals surface area (Å²) in [6.07, 6.45) is 1.73. The smallest absolute Gasteiger partial charge is 0.269 e. The molecule has 3 heterocycles. The zero-order valence-corrected chi connectivity index (χ0v) is 18.0. The van der Waals surface area contributed by atoms with E-state index in [1.54, 1.807) is 42.6 Å². The number of phenols is 1. The largest absolute Gasteiger partial charge is 0.508 e. The van der Waals surface area contributed by atoms with Crippen LogP contribution in [0, 0.1) is 10.1 Å². The van der Waals surface area contributed by atoms with Gasteiger partial charge in [0.2, 0.25) is 0 Å². The van der Waals surface area contributed by atoms with Crippen LogP contribution in [0.25, 0.3) is 11.3 Å². The normalized spacial score (nSPS) is 17.7. The summed E-state index contributed by atoms with van der Waals surface area (Å²) in [5, 5.41) is 24.5. The van der Waals surface area contributed by atoms with Gasteiger partial charge in [-0.05, 0) is 72.9 Å². The number of rotatable bonds is 5. The van der Waals surface area contributed by atoms with Gasteiger partial charge >= 0.3 is 0 Å². The molecule has 1 saturated heterocycles. The first-order chi connectivity index (χ1) is 16.0. The van der Waals surface area contributed by atoms with Gasteiger partial charge in [0.1, 0.15) is 23.3 Å². The number of thiocarbonyl (C=S) groups is 1. The van der Waals surface area contributed by atoms with Crippen LogP contribution in [0.15, 0.2) is 89.5 Å². The Balaban J connectivity index is 1.56. The number of phenolic OH excluding ortho intramolecular Hbond substituents is 1. The Morgan fingerprint density at radius 1 is 1.03 bits per heavy atom. The summed E-state index contributed by atoms with van der Waals surface area (Å²) in [5.74, 6) is 1.40. The number of nitrogens with one attached hydrogen (secondary N) is 1. The molecule has 1 fully saturated rings. The Bertz CT molecular complexity index is 1310. The minimum Gasteiger partial charge on any atom is -0.508 e. The monoisotopic (exact) mass is 458 g/mol. The molecule has 0 saturated carbocycles. The third kappa shape index (κ3) is 3.90. The molecule has 1 aliphatic heterocycles. The van der Waals surface area contributed by atoms with Crippen LogP contribution in [0.1, 0.15) is 23.5 Å². The Labute approximate surface area is 194 Å². The van der Waals surface area contributed by atoms with Crippen molar-refractivity contribution in [1.29, 1.82) is 0 Å². The third-order valence-corrected chi connectivity index (χ3v) is 5.82. The summed E-state index contributed by atoms with van der Waals surface area (Å²) in [4.78, 5) is 17.0. The number of nitro benzene ring substituents is 1. The maximum absolute atomic E-state index is 11.0. The molecule has 33 heavy (non-hydrogen) atoms. The molecule has 2 atom stereocenters. The van der Waals surface area contributed by atoms with Crippen LogP contribution in [0.2, 0.25) is 0 Å². The SMILES string of the molecule is O=[N+]([O-])c1ccc(-c2ccc([C@@H]3[C@@H](c4ccccn4)NC(=S)N3c3ccc(O)cc3)o2)cc1. The van der Waals surface area contributed by atoms with Gasteiger partial charge in [-0.15, -0.1) is 0 Å². The first-order valence-electron chi connectivity index (χ1n) is 10.2. The highest BCUT2D eigenvalue weighted by Crippen LogP contribution is 2.43. The van der Waals surface area contributed by atoms with Gasteiger partial charge in [-0.25, -0.2) is 0 Å². The van der Waals surface area contributed by atoms with E-state index >= 15 is 0 Å². The molecule has 4 aromatic rings. The number of non-ortho nitro benzene ring substituents is 1. The van der Waals surface area contributed by atoms with Gasteiger partial charge in [0.25, 0.3) is 5.69 Å². The Hall–Kier alpha value is -4.24. The summed E-state index contributed by atoms with van der Waals surface area (Å²) in [6, 6.07) is 21.8. The van der Waals surface area contributed by atoms with E-state index in [4.69, 9.17) is 16.6 Å². The van der Waals surface area contributed by atoms with Gasteiger partial charge in [-0.2, -0.15) is 0 Å². The highest BCUT2D eigenvalue weighted by molar-refractivity contribution is 7.80. The number of pyridine rings is 1. The van der Waals surface area contributed by atoms with E-state index in [1.165, 1.54) is 12.1 Å². The molecule has 0 unspecified atom stereocenters. The first kappa shape index (κ1) is 20.7. The number of nitrogens with zero attached hydrogens (tertiary/aromatic N) is 3. The standard InChI is InChI=1S/C24H18N4O4S/c29-18-10-8-16(9-11-18)27-23(22(26-24(27)33)19-3-1-2-14-25-19)21-13-12-20(32-21)15-4-6-17(7-5-15)28(30)31/h1-14,22-23,29H,(H,26,33)/t22-,23-/m1/s1. The summed E-state index contributed by atoms with van der Waals surface area (Å²) >= 11 is 5.67. The average Bonchev–Trinajstić information content (AvgIpc) is 3.45. The molecule has 0 radical (unpaired) electrons. The quantitative estimate of drug-likeness (QED) is 0.241. The van der Waals surface area contributed by atoms with Crippen molar-refractivity contribution in [2.45, 2.75) is 12.1 Å². The molecule has 0 bridgehead atoms. The number of hydrogen-bond acceptors (Lipinski definition) is 6. The highest BCUT2D eigenvalue weighted by Gasteiger charge is 2.42. The number of aromatic hydroxyl groups is 1. The van der Waals surface area contributed by atoms with Crippen LogP contribution in [0.5, 0.6) is 5.75 Å². The van der Waals surface area contributed by atoms with E-state index < -0.39 is 4.92 Å². The van der Waals surface area contributed by atoms with Crippen molar-refractivity contribution in [1.82, 2.24) is 10.3 Å². The Kier molecular flexibility index (Phi) is 5.23. The van der Waals surface area contributed by atoms with Crippen LogP contribution in [0.4, 0.5) is 11.4 Å². The van der Waals surface area contributed by atoms with Gasteiger partial charge in [0.15, 0.2) is 5.11 Å². The molecule has 2 N–H and O–H groups in total. The second-order valence-corrected chi connectivity index (χ2v) is 7.91. The van der Waals surface area contributed by atoms with Crippen LogP contribution in [-0.2, 0) is 0 Å². The lowest BCUT2D eigenvalue weighted by Crippen LogP contribution is -2.29. The van der Waals surface area contributed by atoms with E-state index in [0.717, 1.165) is 16.9 Å². The summed E-state index contributed by atoms with van der Waals surface area (Å²) in [7, 11) is 0. The minimum atomic E-state index is -0.435. The predicted octanol–water partition coefficient (Wildman–Crippen LogP) is 5.13. The fraction of sp³-hybridized carbons (Fsp3) is 0.0833. The average molecular weight is 458 g/mol. The first-order valence-corrected chi connectivity index (χ1v) is 10.6.